The number of imide groups is 1. The minimum absolute atomic E-state index is 0.0606. The Kier molecular flexibility index (Phi) is 2.45. The smallest absolute Gasteiger partial charge is 0.238 e. The van der Waals surface area contributed by atoms with Crippen LogP contribution in [-0.4, -0.2) is 11.8 Å². The maximum absolute atomic E-state index is 13.1. The van der Waals surface area contributed by atoms with Crippen molar-refractivity contribution in [1.82, 2.24) is 0 Å². The van der Waals surface area contributed by atoms with E-state index >= 15 is 0 Å². The second-order valence-electron chi connectivity index (χ2n) is 8.33. The number of fused-ring (bicyclic) bond motifs is 1. The summed E-state index contributed by atoms with van der Waals surface area (Å²) in [6.07, 6.45) is 10.3. The van der Waals surface area contributed by atoms with Crippen molar-refractivity contribution in [3.05, 3.63) is 41.5 Å². The molecule has 2 amide bonds. The first-order valence-corrected chi connectivity index (χ1v) is 9.42. The molecule has 1 saturated heterocycles. The molecule has 0 N–H and O–H groups in total. The van der Waals surface area contributed by atoms with Crippen LogP contribution in [0.3, 0.4) is 0 Å². The van der Waals surface area contributed by atoms with Crippen LogP contribution in [0.25, 0.3) is 0 Å². The summed E-state index contributed by atoms with van der Waals surface area (Å²) in [6.45, 7) is 0. The van der Waals surface area contributed by atoms with Gasteiger partial charge >= 0.3 is 0 Å². The van der Waals surface area contributed by atoms with E-state index in [4.69, 9.17) is 0 Å². The Hall–Kier alpha value is -1.90. The van der Waals surface area contributed by atoms with E-state index in [1.807, 2.05) is 6.07 Å². The van der Waals surface area contributed by atoms with E-state index in [1.165, 1.54) is 35.3 Å². The number of nitrogens with zero attached hydrogens (tertiary/aromatic N) is 1. The molecule has 0 spiro atoms. The first-order chi connectivity index (χ1) is 11.7. The Balaban J connectivity index is 1.41. The van der Waals surface area contributed by atoms with Gasteiger partial charge in [-0.15, -0.1) is 0 Å². The van der Waals surface area contributed by atoms with Crippen molar-refractivity contribution in [2.75, 3.05) is 4.90 Å². The fraction of sp³-hybridized carbons (Fsp3) is 0.524. The fourth-order valence-corrected chi connectivity index (χ4v) is 6.07. The number of anilines is 1. The van der Waals surface area contributed by atoms with Gasteiger partial charge in [0.15, 0.2) is 0 Å². The third kappa shape index (κ3) is 1.54. The number of carbonyl (C=O) groups is 2. The lowest BCUT2D eigenvalue weighted by molar-refractivity contribution is -0.124. The first-order valence-electron chi connectivity index (χ1n) is 9.42. The van der Waals surface area contributed by atoms with Crippen LogP contribution in [0.1, 0.15) is 30.4 Å². The van der Waals surface area contributed by atoms with Crippen LogP contribution >= 0.6 is 0 Å². The van der Waals surface area contributed by atoms with Crippen LogP contribution in [0.5, 0.6) is 0 Å². The van der Waals surface area contributed by atoms with E-state index in [0.29, 0.717) is 23.7 Å². The standard InChI is InChI=1S/C21H21NO2/c23-20-18-14-7-8-15(17-10-16(14)17)19(18)21(24)22(20)13-6-5-11-3-1-2-4-12(11)9-13/h5-9,14-19H,1-4,10H2/t14-,15-,16-,17-,18+,19+/m0/s1. The first kappa shape index (κ1) is 13.4. The predicted octanol–water partition coefficient (Wildman–Crippen LogP) is 3.12. The summed E-state index contributed by atoms with van der Waals surface area (Å²) in [5, 5.41) is 0. The van der Waals surface area contributed by atoms with Gasteiger partial charge in [-0.3, -0.25) is 14.5 Å². The van der Waals surface area contributed by atoms with Crippen molar-refractivity contribution in [3.63, 3.8) is 0 Å². The second kappa shape index (κ2) is 4.38. The molecule has 3 nitrogen and oxygen atoms in total. The van der Waals surface area contributed by atoms with E-state index in [2.05, 4.69) is 24.3 Å². The minimum atomic E-state index is -0.0905. The summed E-state index contributed by atoms with van der Waals surface area (Å²) in [6, 6.07) is 6.24. The van der Waals surface area contributed by atoms with Crippen molar-refractivity contribution in [2.24, 2.45) is 35.5 Å². The van der Waals surface area contributed by atoms with Crippen molar-refractivity contribution in [1.29, 1.82) is 0 Å². The summed E-state index contributed by atoms with van der Waals surface area (Å²) in [5.41, 5.74) is 3.54. The number of rotatable bonds is 1. The molecule has 0 aromatic heterocycles. The van der Waals surface area contributed by atoms with Gasteiger partial charge in [0.1, 0.15) is 0 Å². The van der Waals surface area contributed by atoms with Crippen LogP contribution < -0.4 is 4.90 Å². The Labute approximate surface area is 141 Å². The molecule has 1 aromatic carbocycles. The molecule has 122 valence electrons. The zero-order chi connectivity index (χ0) is 16.0. The Morgan fingerprint density at radius 2 is 1.46 bits per heavy atom. The van der Waals surface area contributed by atoms with Crippen molar-refractivity contribution in [2.45, 2.75) is 32.1 Å². The molecule has 0 radical (unpaired) electrons. The highest BCUT2D eigenvalue weighted by atomic mass is 16.2. The van der Waals surface area contributed by atoms with Crippen LogP contribution in [0.15, 0.2) is 30.4 Å². The van der Waals surface area contributed by atoms with Crippen LogP contribution in [-0.2, 0) is 22.4 Å². The Bertz CT molecular complexity index is 774. The number of hydrogen-bond donors (Lipinski definition) is 0. The molecule has 2 saturated carbocycles. The summed E-state index contributed by atoms with van der Waals surface area (Å²) in [4.78, 5) is 27.8. The summed E-state index contributed by atoms with van der Waals surface area (Å²) in [5.74, 6) is 1.90. The van der Waals surface area contributed by atoms with Gasteiger partial charge in [0.2, 0.25) is 11.8 Å². The normalized spacial score (nSPS) is 41.2. The molecule has 24 heavy (non-hydrogen) atoms. The van der Waals surface area contributed by atoms with Gasteiger partial charge < -0.3 is 0 Å². The van der Waals surface area contributed by atoms with E-state index in [0.717, 1.165) is 18.5 Å². The minimum Gasteiger partial charge on any atom is -0.274 e. The molecule has 1 aromatic rings. The highest BCUT2D eigenvalue weighted by molar-refractivity contribution is 6.22. The monoisotopic (exact) mass is 319 g/mol. The number of aryl methyl sites for hydroxylation is 2. The highest BCUT2D eigenvalue weighted by Crippen LogP contribution is 2.65. The maximum Gasteiger partial charge on any atom is 0.238 e. The molecule has 1 aliphatic heterocycles. The largest absolute Gasteiger partial charge is 0.274 e. The topological polar surface area (TPSA) is 37.4 Å². The van der Waals surface area contributed by atoms with Crippen LogP contribution in [0.2, 0.25) is 0 Å². The molecule has 3 heteroatoms. The van der Waals surface area contributed by atoms with Crippen molar-refractivity contribution < 1.29 is 9.59 Å². The molecule has 7 rings (SSSR count). The number of hydrogen-bond acceptors (Lipinski definition) is 2. The van der Waals surface area contributed by atoms with Gasteiger partial charge in [-0.1, -0.05) is 18.2 Å². The Morgan fingerprint density at radius 1 is 0.833 bits per heavy atom. The molecule has 1 heterocycles. The molecule has 5 aliphatic carbocycles. The third-order valence-electron chi connectivity index (χ3n) is 7.25. The lowest BCUT2D eigenvalue weighted by Gasteiger charge is -2.37. The SMILES string of the molecule is O=C1[C@@H]2[C@H]3C=C[C@@H]([C@@H]4C[C@@H]34)[C@H]2C(=O)N1c1ccc2c(c1)CCCC2. The van der Waals surface area contributed by atoms with Crippen molar-refractivity contribution >= 4 is 17.5 Å². The van der Waals surface area contributed by atoms with Gasteiger partial charge in [0.25, 0.3) is 0 Å². The Morgan fingerprint density at radius 3 is 2.12 bits per heavy atom. The van der Waals surface area contributed by atoms with E-state index in [9.17, 15) is 9.59 Å². The second-order valence-corrected chi connectivity index (χ2v) is 8.33. The summed E-state index contributed by atoms with van der Waals surface area (Å²) >= 11 is 0. The van der Waals surface area contributed by atoms with Gasteiger partial charge in [-0.25, -0.2) is 0 Å². The van der Waals surface area contributed by atoms with Crippen LogP contribution in [0, 0.1) is 35.5 Å². The molecule has 6 atom stereocenters. The molecule has 3 fully saturated rings. The summed E-state index contributed by atoms with van der Waals surface area (Å²) < 4.78 is 0. The number of allylic oxidation sites excluding steroid dienone is 2. The zero-order valence-electron chi connectivity index (χ0n) is 13.7. The number of amides is 2. The van der Waals surface area contributed by atoms with Gasteiger partial charge in [0, 0.05) is 0 Å². The molecule has 6 aliphatic rings. The molecular formula is C21H21NO2. The van der Waals surface area contributed by atoms with E-state index in [1.54, 1.807) is 0 Å². The number of benzene rings is 1. The molecular weight excluding hydrogens is 298 g/mol. The number of carbonyl (C=O) groups excluding carboxylic acids is 2. The summed E-state index contributed by atoms with van der Waals surface area (Å²) in [7, 11) is 0. The maximum atomic E-state index is 13.1. The van der Waals surface area contributed by atoms with Gasteiger partial charge in [-0.2, -0.15) is 0 Å². The fourth-order valence-electron chi connectivity index (χ4n) is 6.07. The van der Waals surface area contributed by atoms with E-state index < -0.39 is 0 Å². The zero-order valence-corrected chi connectivity index (χ0v) is 13.7. The lowest BCUT2D eigenvalue weighted by Crippen LogP contribution is -2.40. The van der Waals surface area contributed by atoms with Gasteiger partial charge in [0.05, 0.1) is 17.5 Å². The average Bonchev–Trinajstić information content (AvgIpc) is 3.39. The quantitative estimate of drug-likeness (QED) is 0.589. The van der Waals surface area contributed by atoms with Crippen LogP contribution in [0.4, 0.5) is 5.69 Å². The van der Waals surface area contributed by atoms with Crippen molar-refractivity contribution in [3.8, 4) is 0 Å². The highest BCUT2D eigenvalue weighted by Gasteiger charge is 2.67. The third-order valence-corrected chi connectivity index (χ3v) is 7.25. The predicted molar refractivity (Wildman–Crippen MR) is 90.3 cm³/mol. The molecule has 0 unspecified atom stereocenters. The van der Waals surface area contributed by atoms with Gasteiger partial charge in [-0.05, 0) is 79.0 Å². The lowest BCUT2D eigenvalue weighted by atomic mass is 9.63. The molecule has 2 bridgehead atoms. The average molecular weight is 319 g/mol. The van der Waals surface area contributed by atoms with E-state index in [-0.39, 0.29) is 23.7 Å².